The first kappa shape index (κ1) is 16.0. The summed E-state index contributed by atoms with van der Waals surface area (Å²) in [6.07, 6.45) is 3.59. The Hall–Kier alpha value is -0.0800. The summed E-state index contributed by atoms with van der Waals surface area (Å²) in [5.41, 5.74) is 0.00606. The topological polar surface area (TPSA) is 21.3 Å². The second-order valence-electron chi connectivity index (χ2n) is 7.14. The molecule has 0 aliphatic carbocycles. The third kappa shape index (κ3) is 3.71. The second-order valence-corrected chi connectivity index (χ2v) is 7.14. The van der Waals surface area contributed by atoms with Gasteiger partial charge < -0.3 is 10.1 Å². The first-order chi connectivity index (χ1) is 8.23. The predicted molar refractivity (Wildman–Crippen MR) is 78.9 cm³/mol. The molecule has 18 heavy (non-hydrogen) atoms. The summed E-state index contributed by atoms with van der Waals surface area (Å²) in [6.45, 7) is 17.0. The fourth-order valence-corrected chi connectivity index (χ4v) is 3.47. The van der Waals surface area contributed by atoms with Gasteiger partial charge in [0.2, 0.25) is 0 Å². The van der Waals surface area contributed by atoms with Crippen LogP contribution in [0.25, 0.3) is 0 Å². The highest BCUT2D eigenvalue weighted by molar-refractivity contribution is 5.00. The molecule has 0 spiro atoms. The summed E-state index contributed by atoms with van der Waals surface area (Å²) in [5.74, 6) is 1.31. The van der Waals surface area contributed by atoms with Gasteiger partial charge in [0, 0.05) is 12.0 Å². The van der Waals surface area contributed by atoms with Crippen LogP contribution in [0, 0.1) is 11.8 Å². The van der Waals surface area contributed by atoms with Crippen molar-refractivity contribution in [1.29, 1.82) is 0 Å². The van der Waals surface area contributed by atoms with Gasteiger partial charge in [-0.05, 0) is 53.0 Å². The Balaban J connectivity index is 2.84. The molecule has 0 aromatic carbocycles. The lowest BCUT2D eigenvalue weighted by atomic mass is 9.76. The molecule has 3 unspecified atom stereocenters. The minimum Gasteiger partial charge on any atom is -0.369 e. The second kappa shape index (κ2) is 5.92. The summed E-state index contributed by atoms with van der Waals surface area (Å²) < 4.78 is 6.26. The zero-order valence-electron chi connectivity index (χ0n) is 13.5. The van der Waals surface area contributed by atoms with E-state index in [2.05, 4.69) is 53.8 Å². The Kier molecular flexibility index (Phi) is 5.25. The number of nitrogens with one attached hydrogen (secondary N) is 1. The third-order valence-electron chi connectivity index (χ3n) is 4.46. The largest absolute Gasteiger partial charge is 0.369 e. The molecule has 1 rings (SSSR count). The van der Waals surface area contributed by atoms with Crippen molar-refractivity contribution in [1.82, 2.24) is 5.32 Å². The van der Waals surface area contributed by atoms with Crippen molar-refractivity contribution in [3.05, 3.63) is 0 Å². The molecule has 0 saturated carbocycles. The van der Waals surface area contributed by atoms with Crippen molar-refractivity contribution >= 4 is 0 Å². The number of hydrogen-bond acceptors (Lipinski definition) is 2. The maximum absolute atomic E-state index is 6.26. The SMILES string of the molecule is CCCNC(C(C)CC)C1CC(C)(C)OC1(C)C. The van der Waals surface area contributed by atoms with Crippen LogP contribution in [0.1, 0.15) is 67.7 Å². The average Bonchev–Trinajstić information content (AvgIpc) is 2.47. The van der Waals surface area contributed by atoms with E-state index in [4.69, 9.17) is 4.74 Å². The van der Waals surface area contributed by atoms with E-state index in [9.17, 15) is 0 Å². The number of rotatable bonds is 6. The van der Waals surface area contributed by atoms with Gasteiger partial charge in [-0.15, -0.1) is 0 Å². The van der Waals surface area contributed by atoms with Gasteiger partial charge >= 0.3 is 0 Å². The van der Waals surface area contributed by atoms with Gasteiger partial charge in [0.25, 0.3) is 0 Å². The molecule has 2 nitrogen and oxygen atoms in total. The molecule has 1 fully saturated rings. The fraction of sp³-hybridized carbons (Fsp3) is 1.00. The van der Waals surface area contributed by atoms with Crippen LogP contribution >= 0.6 is 0 Å². The van der Waals surface area contributed by atoms with E-state index in [1.807, 2.05) is 0 Å². The van der Waals surface area contributed by atoms with Crippen molar-refractivity contribution in [2.45, 2.75) is 85.0 Å². The highest BCUT2D eigenvalue weighted by atomic mass is 16.5. The monoisotopic (exact) mass is 255 g/mol. The molecule has 0 amide bonds. The highest BCUT2D eigenvalue weighted by Crippen LogP contribution is 2.45. The lowest BCUT2D eigenvalue weighted by Crippen LogP contribution is -2.48. The minimum atomic E-state index is -0.0155. The summed E-state index contributed by atoms with van der Waals surface area (Å²) in [7, 11) is 0. The van der Waals surface area contributed by atoms with Crippen LogP contribution in [0.3, 0.4) is 0 Å². The molecular formula is C16H33NO. The van der Waals surface area contributed by atoms with Crippen LogP contribution in [0.5, 0.6) is 0 Å². The Morgan fingerprint density at radius 3 is 2.22 bits per heavy atom. The average molecular weight is 255 g/mol. The molecule has 1 aliphatic rings. The molecule has 108 valence electrons. The molecule has 1 aliphatic heterocycles. The molecule has 0 aromatic heterocycles. The van der Waals surface area contributed by atoms with E-state index in [0.29, 0.717) is 17.9 Å². The first-order valence-corrected chi connectivity index (χ1v) is 7.67. The van der Waals surface area contributed by atoms with Crippen molar-refractivity contribution in [2.75, 3.05) is 6.54 Å². The highest BCUT2D eigenvalue weighted by Gasteiger charge is 2.49. The summed E-state index contributed by atoms with van der Waals surface area (Å²) >= 11 is 0. The van der Waals surface area contributed by atoms with Crippen molar-refractivity contribution in [3.63, 3.8) is 0 Å². The van der Waals surface area contributed by atoms with E-state index < -0.39 is 0 Å². The number of hydrogen-bond donors (Lipinski definition) is 1. The molecule has 3 atom stereocenters. The summed E-state index contributed by atoms with van der Waals surface area (Å²) in [4.78, 5) is 0. The minimum absolute atomic E-state index is 0.0155. The Labute approximate surface area is 114 Å². The van der Waals surface area contributed by atoms with E-state index >= 15 is 0 Å². The van der Waals surface area contributed by atoms with Gasteiger partial charge in [-0.3, -0.25) is 0 Å². The first-order valence-electron chi connectivity index (χ1n) is 7.67. The molecule has 0 bridgehead atoms. The van der Waals surface area contributed by atoms with Gasteiger partial charge in [0.05, 0.1) is 11.2 Å². The van der Waals surface area contributed by atoms with Gasteiger partial charge in [-0.2, -0.15) is 0 Å². The van der Waals surface area contributed by atoms with Crippen LogP contribution in [-0.2, 0) is 4.74 Å². The molecule has 1 saturated heterocycles. The quantitative estimate of drug-likeness (QED) is 0.774. The zero-order chi connectivity index (χ0) is 14.0. The lowest BCUT2D eigenvalue weighted by Gasteiger charge is -2.36. The van der Waals surface area contributed by atoms with E-state index in [-0.39, 0.29) is 11.2 Å². The van der Waals surface area contributed by atoms with Crippen LogP contribution in [0.2, 0.25) is 0 Å². The van der Waals surface area contributed by atoms with Crippen molar-refractivity contribution < 1.29 is 4.74 Å². The zero-order valence-corrected chi connectivity index (χ0v) is 13.5. The molecule has 2 heteroatoms. The summed E-state index contributed by atoms with van der Waals surface area (Å²) in [5, 5.41) is 3.78. The van der Waals surface area contributed by atoms with Crippen LogP contribution in [0.4, 0.5) is 0 Å². The van der Waals surface area contributed by atoms with Crippen molar-refractivity contribution in [2.24, 2.45) is 11.8 Å². The van der Waals surface area contributed by atoms with Gasteiger partial charge in [0.1, 0.15) is 0 Å². The van der Waals surface area contributed by atoms with Gasteiger partial charge in [-0.1, -0.05) is 27.2 Å². The Morgan fingerprint density at radius 1 is 1.22 bits per heavy atom. The van der Waals surface area contributed by atoms with Gasteiger partial charge in [-0.25, -0.2) is 0 Å². The fourth-order valence-electron chi connectivity index (χ4n) is 3.47. The Morgan fingerprint density at radius 2 is 1.83 bits per heavy atom. The lowest BCUT2D eigenvalue weighted by molar-refractivity contribution is -0.0794. The maximum atomic E-state index is 6.26. The van der Waals surface area contributed by atoms with Crippen LogP contribution in [-0.4, -0.2) is 23.8 Å². The van der Waals surface area contributed by atoms with Crippen LogP contribution in [0.15, 0.2) is 0 Å². The van der Waals surface area contributed by atoms with E-state index in [1.54, 1.807) is 0 Å². The molecule has 0 radical (unpaired) electrons. The Bertz CT molecular complexity index is 260. The van der Waals surface area contributed by atoms with Crippen molar-refractivity contribution in [3.8, 4) is 0 Å². The van der Waals surface area contributed by atoms with Gasteiger partial charge in [0.15, 0.2) is 0 Å². The molecule has 0 aromatic rings. The predicted octanol–water partition coefficient (Wildman–Crippen LogP) is 3.99. The normalized spacial score (nSPS) is 29.2. The summed E-state index contributed by atoms with van der Waals surface area (Å²) in [6, 6.07) is 0.576. The van der Waals surface area contributed by atoms with E-state index in [0.717, 1.165) is 13.0 Å². The standard InChI is InChI=1S/C16H33NO/c1-8-10-17-14(12(3)9-2)13-11-15(4,5)18-16(13,6)7/h12-14,17H,8-11H2,1-7H3. The number of ether oxygens (including phenoxy) is 1. The van der Waals surface area contributed by atoms with E-state index in [1.165, 1.54) is 12.8 Å². The maximum Gasteiger partial charge on any atom is 0.0677 e. The molecule has 1 heterocycles. The third-order valence-corrected chi connectivity index (χ3v) is 4.46. The molecule has 1 N–H and O–H groups in total. The smallest absolute Gasteiger partial charge is 0.0677 e. The molecular weight excluding hydrogens is 222 g/mol. The van der Waals surface area contributed by atoms with Crippen LogP contribution < -0.4 is 5.32 Å².